The van der Waals surface area contributed by atoms with E-state index in [1.54, 1.807) is 23.1 Å². The van der Waals surface area contributed by atoms with Gasteiger partial charge in [0.05, 0.1) is 18.8 Å². The van der Waals surface area contributed by atoms with Gasteiger partial charge in [0, 0.05) is 30.4 Å². The van der Waals surface area contributed by atoms with Gasteiger partial charge < -0.3 is 15.2 Å². The van der Waals surface area contributed by atoms with E-state index in [-0.39, 0.29) is 19.1 Å². The molecule has 3 heterocycles. The van der Waals surface area contributed by atoms with Gasteiger partial charge in [-0.05, 0) is 23.8 Å². The molecule has 1 aliphatic rings. The van der Waals surface area contributed by atoms with Crippen LogP contribution in [-0.2, 0) is 17.8 Å². The van der Waals surface area contributed by atoms with Crippen molar-refractivity contribution in [3.8, 4) is 17.0 Å². The first-order valence-corrected chi connectivity index (χ1v) is 8.39. The molecule has 132 valence electrons. The highest BCUT2D eigenvalue weighted by Gasteiger charge is 2.29. The molecule has 0 saturated heterocycles. The zero-order chi connectivity index (χ0) is 17.9. The molecule has 1 amide bonds. The zero-order valence-corrected chi connectivity index (χ0v) is 14.0. The molecule has 0 radical (unpaired) electrons. The monoisotopic (exact) mass is 350 g/mol. The van der Waals surface area contributed by atoms with Crippen molar-refractivity contribution in [3.63, 3.8) is 0 Å². The van der Waals surface area contributed by atoms with E-state index < -0.39 is 6.10 Å². The molecule has 1 aromatic carbocycles. The van der Waals surface area contributed by atoms with E-state index in [0.29, 0.717) is 17.9 Å². The Morgan fingerprint density at radius 1 is 1.31 bits per heavy atom. The van der Waals surface area contributed by atoms with Gasteiger partial charge >= 0.3 is 0 Å². The normalized spacial score (nSPS) is 15.3. The number of nitrogens with one attached hydrogen (secondary N) is 1. The van der Waals surface area contributed by atoms with Crippen LogP contribution in [0.15, 0.2) is 54.9 Å². The molecule has 7 nitrogen and oxygen atoms in total. The molecule has 0 fully saturated rings. The van der Waals surface area contributed by atoms with Gasteiger partial charge in [-0.2, -0.15) is 5.10 Å². The largest absolute Gasteiger partial charge is 0.480 e. The summed E-state index contributed by atoms with van der Waals surface area (Å²) in [5, 5.41) is 16.6. The molecular weight excluding hydrogens is 332 g/mol. The van der Waals surface area contributed by atoms with E-state index in [0.717, 1.165) is 16.9 Å². The second-order valence-corrected chi connectivity index (χ2v) is 6.01. The molecule has 4 rings (SSSR count). The van der Waals surface area contributed by atoms with Crippen LogP contribution in [0, 0.1) is 0 Å². The smallest absolute Gasteiger partial charge is 0.266 e. The first kappa shape index (κ1) is 16.3. The standard InChI is InChI=1S/C19H18N4O3/c24-9-8-23-18(11-15(22-23)14-5-3-7-20-12-14)21-19(25)17-10-13-4-1-2-6-16(13)26-17/h1-7,11-12,17,24H,8-10H2,(H,21,25). The van der Waals surface area contributed by atoms with Crippen LogP contribution in [0.5, 0.6) is 5.75 Å². The molecule has 0 bridgehead atoms. The molecular formula is C19H18N4O3. The number of para-hydroxylation sites is 1. The number of carbonyl (C=O) groups excluding carboxylic acids is 1. The molecule has 26 heavy (non-hydrogen) atoms. The van der Waals surface area contributed by atoms with E-state index in [1.165, 1.54) is 0 Å². The van der Waals surface area contributed by atoms with Crippen LogP contribution >= 0.6 is 0 Å². The molecule has 1 aliphatic heterocycles. The summed E-state index contributed by atoms with van der Waals surface area (Å²) in [6, 6.07) is 13.1. The minimum atomic E-state index is -0.577. The lowest BCUT2D eigenvalue weighted by Gasteiger charge is -2.12. The number of ether oxygens (including phenoxy) is 1. The number of benzene rings is 1. The lowest BCUT2D eigenvalue weighted by atomic mass is 10.1. The third-order valence-corrected chi connectivity index (χ3v) is 4.24. The van der Waals surface area contributed by atoms with E-state index in [9.17, 15) is 9.90 Å². The molecule has 2 N–H and O–H groups in total. The van der Waals surface area contributed by atoms with Crippen molar-refractivity contribution < 1.29 is 14.6 Å². The lowest BCUT2D eigenvalue weighted by molar-refractivity contribution is -0.122. The van der Waals surface area contributed by atoms with Gasteiger partial charge in [-0.1, -0.05) is 18.2 Å². The molecule has 7 heteroatoms. The maximum absolute atomic E-state index is 12.6. The molecule has 0 saturated carbocycles. The Morgan fingerprint density at radius 2 is 2.19 bits per heavy atom. The van der Waals surface area contributed by atoms with Gasteiger partial charge in [-0.15, -0.1) is 0 Å². The summed E-state index contributed by atoms with van der Waals surface area (Å²) in [5.41, 5.74) is 2.54. The number of aliphatic hydroxyl groups excluding tert-OH is 1. The molecule has 1 unspecified atom stereocenters. The quantitative estimate of drug-likeness (QED) is 0.733. The van der Waals surface area contributed by atoms with E-state index in [4.69, 9.17) is 4.74 Å². The molecule has 1 atom stereocenters. The fraction of sp³-hybridized carbons (Fsp3) is 0.211. The Kier molecular flexibility index (Phi) is 4.37. The Hall–Kier alpha value is -3.19. The van der Waals surface area contributed by atoms with Crippen molar-refractivity contribution in [2.45, 2.75) is 19.1 Å². The predicted octanol–water partition coefficient (Wildman–Crippen LogP) is 1.88. The summed E-state index contributed by atoms with van der Waals surface area (Å²) in [5.74, 6) is 1.02. The Balaban J connectivity index is 1.54. The van der Waals surface area contributed by atoms with Gasteiger partial charge in [-0.3, -0.25) is 9.78 Å². The van der Waals surface area contributed by atoms with Gasteiger partial charge in [-0.25, -0.2) is 4.68 Å². The maximum Gasteiger partial charge on any atom is 0.266 e. The molecule has 0 spiro atoms. The predicted molar refractivity (Wildman–Crippen MR) is 95.7 cm³/mol. The lowest BCUT2D eigenvalue weighted by Crippen LogP contribution is -2.32. The minimum absolute atomic E-state index is 0.0810. The fourth-order valence-corrected chi connectivity index (χ4v) is 2.97. The summed E-state index contributed by atoms with van der Waals surface area (Å²) in [6.45, 7) is 0.198. The van der Waals surface area contributed by atoms with Crippen LogP contribution in [0.1, 0.15) is 5.56 Å². The maximum atomic E-state index is 12.6. The Morgan fingerprint density at radius 3 is 2.96 bits per heavy atom. The zero-order valence-electron chi connectivity index (χ0n) is 14.0. The van der Waals surface area contributed by atoms with Crippen molar-refractivity contribution in [1.29, 1.82) is 0 Å². The number of nitrogens with zero attached hydrogens (tertiary/aromatic N) is 3. The fourth-order valence-electron chi connectivity index (χ4n) is 2.97. The highest BCUT2D eigenvalue weighted by atomic mass is 16.5. The number of aromatic nitrogens is 3. The summed E-state index contributed by atoms with van der Waals surface area (Å²) >= 11 is 0. The third kappa shape index (κ3) is 3.16. The average Bonchev–Trinajstić information content (AvgIpc) is 3.27. The Bertz CT molecular complexity index is 899. The highest BCUT2D eigenvalue weighted by Crippen LogP contribution is 2.29. The minimum Gasteiger partial charge on any atom is -0.480 e. The van der Waals surface area contributed by atoms with Crippen molar-refractivity contribution >= 4 is 11.7 Å². The number of hydrogen-bond acceptors (Lipinski definition) is 5. The summed E-state index contributed by atoms with van der Waals surface area (Å²) < 4.78 is 7.30. The van der Waals surface area contributed by atoms with Crippen LogP contribution in [-0.4, -0.2) is 38.5 Å². The second-order valence-electron chi connectivity index (χ2n) is 6.01. The molecule has 3 aromatic rings. The summed E-state index contributed by atoms with van der Waals surface area (Å²) in [4.78, 5) is 16.7. The van der Waals surface area contributed by atoms with Crippen LogP contribution in [0.4, 0.5) is 5.82 Å². The molecule has 2 aromatic heterocycles. The van der Waals surface area contributed by atoms with Gasteiger partial charge in [0.2, 0.25) is 0 Å². The van der Waals surface area contributed by atoms with Gasteiger partial charge in [0.15, 0.2) is 6.10 Å². The van der Waals surface area contributed by atoms with Crippen LogP contribution < -0.4 is 10.1 Å². The van der Waals surface area contributed by atoms with E-state index >= 15 is 0 Å². The number of aliphatic hydroxyl groups is 1. The van der Waals surface area contributed by atoms with Crippen LogP contribution in [0.2, 0.25) is 0 Å². The summed E-state index contributed by atoms with van der Waals surface area (Å²) in [6.07, 6.45) is 3.35. The number of anilines is 1. The van der Waals surface area contributed by atoms with Crippen molar-refractivity contribution in [2.75, 3.05) is 11.9 Å². The Labute approximate surface area is 150 Å². The second kappa shape index (κ2) is 6.97. The van der Waals surface area contributed by atoms with E-state index in [2.05, 4.69) is 15.4 Å². The number of hydrogen-bond donors (Lipinski definition) is 2. The van der Waals surface area contributed by atoms with E-state index in [1.807, 2.05) is 36.4 Å². The first-order chi connectivity index (χ1) is 12.7. The van der Waals surface area contributed by atoms with Crippen molar-refractivity contribution in [2.24, 2.45) is 0 Å². The number of rotatable bonds is 5. The summed E-state index contributed by atoms with van der Waals surface area (Å²) in [7, 11) is 0. The number of pyridine rings is 1. The van der Waals surface area contributed by atoms with Crippen molar-refractivity contribution in [3.05, 3.63) is 60.4 Å². The highest BCUT2D eigenvalue weighted by molar-refractivity contribution is 5.95. The van der Waals surface area contributed by atoms with Crippen molar-refractivity contribution in [1.82, 2.24) is 14.8 Å². The molecule has 0 aliphatic carbocycles. The number of amides is 1. The average molecular weight is 350 g/mol. The third-order valence-electron chi connectivity index (χ3n) is 4.24. The van der Waals surface area contributed by atoms with Gasteiger partial charge in [0.25, 0.3) is 5.91 Å². The SMILES string of the molecule is O=C(Nc1cc(-c2cccnc2)nn1CCO)C1Cc2ccccc2O1. The van der Waals surface area contributed by atoms with Crippen LogP contribution in [0.3, 0.4) is 0 Å². The van der Waals surface area contributed by atoms with Crippen LogP contribution in [0.25, 0.3) is 11.3 Å². The number of carbonyl (C=O) groups is 1. The first-order valence-electron chi connectivity index (χ1n) is 8.39. The van der Waals surface area contributed by atoms with Gasteiger partial charge in [0.1, 0.15) is 11.6 Å². The number of fused-ring (bicyclic) bond motifs is 1. The topological polar surface area (TPSA) is 89.3 Å².